The van der Waals surface area contributed by atoms with Crippen molar-refractivity contribution in [1.29, 1.82) is 0 Å². The third-order valence-corrected chi connectivity index (χ3v) is 2.74. The smallest absolute Gasteiger partial charge is 0.244 e. The molecule has 9 heteroatoms. The van der Waals surface area contributed by atoms with Gasteiger partial charge in [0, 0.05) is 12.3 Å². The van der Waals surface area contributed by atoms with E-state index in [0.29, 0.717) is 0 Å². The number of primary amides is 2. The van der Waals surface area contributed by atoms with Crippen molar-refractivity contribution in [2.75, 3.05) is 0 Å². The van der Waals surface area contributed by atoms with E-state index in [0.717, 1.165) is 0 Å². The molecule has 0 rings (SSSR count). The number of rotatable bonds is 8. The average Bonchev–Trinajstić information content (AvgIpc) is 2.33. The van der Waals surface area contributed by atoms with E-state index in [4.69, 9.17) is 16.7 Å². The topological polar surface area (TPSA) is 165 Å². The molecule has 0 aromatic heterocycles. The fourth-order valence-electron chi connectivity index (χ4n) is 1.58. The first-order valence-corrected chi connectivity index (χ1v) is 6.00. The van der Waals surface area contributed by atoms with E-state index in [9.17, 15) is 19.2 Å². The molecular formula is C11H20N4O5. The number of nitrogens with two attached hydrogens (primary N) is 2. The number of hydroxylamine groups is 1. The molecule has 0 aliphatic carbocycles. The van der Waals surface area contributed by atoms with Crippen molar-refractivity contribution in [3.05, 3.63) is 0 Å². The molecule has 0 aromatic rings. The lowest BCUT2D eigenvalue weighted by Gasteiger charge is -2.22. The van der Waals surface area contributed by atoms with Crippen LogP contribution in [0.15, 0.2) is 0 Å². The van der Waals surface area contributed by atoms with Gasteiger partial charge in [0.25, 0.3) is 0 Å². The molecule has 0 saturated carbocycles. The Hall–Kier alpha value is -2.16. The second-order valence-corrected chi connectivity index (χ2v) is 4.72. The van der Waals surface area contributed by atoms with E-state index in [1.54, 1.807) is 13.8 Å². The molecule has 0 aliphatic rings. The summed E-state index contributed by atoms with van der Waals surface area (Å²) in [5.74, 6) is -4.04. The van der Waals surface area contributed by atoms with E-state index in [1.807, 2.05) is 0 Å². The van der Waals surface area contributed by atoms with Gasteiger partial charge in [-0.3, -0.25) is 24.4 Å². The lowest BCUT2D eigenvalue weighted by Crippen LogP contribution is -2.49. The Kier molecular flexibility index (Phi) is 7.22. The molecule has 9 nitrogen and oxygen atoms in total. The predicted molar refractivity (Wildman–Crippen MR) is 67.8 cm³/mol. The Morgan fingerprint density at radius 1 is 1.10 bits per heavy atom. The summed E-state index contributed by atoms with van der Waals surface area (Å²) in [4.78, 5) is 45.0. The minimum absolute atomic E-state index is 0.227. The zero-order chi connectivity index (χ0) is 15.9. The van der Waals surface area contributed by atoms with Crippen molar-refractivity contribution in [3.8, 4) is 0 Å². The molecule has 1 unspecified atom stereocenters. The van der Waals surface area contributed by atoms with Crippen LogP contribution in [-0.4, -0.2) is 34.9 Å². The van der Waals surface area contributed by atoms with Gasteiger partial charge in [0.2, 0.25) is 23.6 Å². The number of carbonyl (C=O) groups is 4. The van der Waals surface area contributed by atoms with E-state index in [1.165, 1.54) is 5.48 Å². The van der Waals surface area contributed by atoms with Crippen molar-refractivity contribution in [3.63, 3.8) is 0 Å². The number of hydrogen-bond acceptors (Lipinski definition) is 5. The molecule has 0 bridgehead atoms. The highest BCUT2D eigenvalue weighted by molar-refractivity contribution is 5.92. The highest BCUT2D eigenvalue weighted by Gasteiger charge is 2.29. The molecule has 0 aliphatic heterocycles. The molecular weight excluding hydrogens is 268 g/mol. The van der Waals surface area contributed by atoms with Crippen LogP contribution < -0.4 is 22.3 Å². The number of nitrogens with one attached hydrogen (secondary N) is 2. The van der Waals surface area contributed by atoms with E-state index in [2.05, 4.69) is 5.32 Å². The summed E-state index contributed by atoms with van der Waals surface area (Å²) in [6, 6.07) is -1.22. The minimum Gasteiger partial charge on any atom is -0.370 e. The van der Waals surface area contributed by atoms with Crippen LogP contribution >= 0.6 is 0 Å². The zero-order valence-electron chi connectivity index (χ0n) is 11.4. The Balaban J connectivity index is 4.84. The maximum atomic E-state index is 12.0. The maximum absolute atomic E-state index is 12.0. The first-order valence-electron chi connectivity index (χ1n) is 6.00. The summed E-state index contributed by atoms with van der Waals surface area (Å²) in [5.41, 5.74) is 11.4. The highest BCUT2D eigenvalue weighted by atomic mass is 16.5. The van der Waals surface area contributed by atoms with Crippen LogP contribution in [0.2, 0.25) is 0 Å². The zero-order valence-corrected chi connectivity index (χ0v) is 11.4. The summed E-state index contributed by atoms with van der Waals surface area (Å²) in [6.45, 7) is 3.39. The molecule has 0 radical (unpaired) electrons. The fraction of sp³-hybridized carbons (Fsp3) is 0.636. The monoisotopic (exact) mass is 288 g/mol. The molecule has 2 atom stereocenters. The van der Waals surface area contributed by atoms with Crippen molar-refractivity contribution in [2.24, 2.45) is 23.3 Å². The predicted octanol–water partition coefficient (Wildman–Crippen LogP) is -2.00. The van der Waals surface area contributed by atoms with Gasteiger partial charge >= 0.3 is 0 Å². The quantitative estimate of drug-likeness (QED) is 0.257. The van der Waals surface area contributed by atoms with Gasteiger partial charge < -0.3 is 16.8 Å². The van der Waals surface area contributed by atoms with Crippen LogP contribution in [0.1, 0.15) is 26.7 Å². The first-order chi connectivity index (χ1) is 9.18. The van der Waals surface area contributed by atoms with Crippen molar-refractivity contribution in [2.45, 2.75) is 32.7 Å². The SMILES string of the molecule is CC(C)C(CC(=O)NO)C(=O)N[C@@H](CC(N)=O)C(N)=O. The lowest BCUT2D eigenvalue weighted by molar-refractivity contribution is -0.137. The fourth-order valence-corrected chi connectivity index (χ4v) is 1.58. The summed E-state index contributed by atoms with van der Waals surface area (Å²) in [7, 11) is 0. The Labute approximate surface area is 116 Å². The molecule has 114 valence electrons. The molecule has 0 fully saturated rings. The van der Waals surface area contributed by atoms with Crippen LogP contribution in [0.3, 0.4) is 0 Å². The van der Waals surface area contributed by atoms with E-state index >= 15 is 0 Å². The van der Waals surface area contributed by atoms with Crippen LogP contribution in [0, 0.1) is 11.8 Å². The van der Waals surface area contributed by atoms with Crippen LogP contribution in [-0.2, 0) is 19.2 Å². The van der Waals surface area contributed by atoms with Gasteiger partial charge in [-0.2, -0.15) is 0 Å². The molecule has 20 heavy (non-hydrogen) atoms. The van der Waals surface area contributed by atoms with Gasteiger partial charge in [-0.15, -0.1) is 0 Å². The van der Waals surface area contributed by atoms with E-state index < -0.39 is 42.0 Å². The summed E-state index contributed by atoms with van der Waals surface area (Å²) >= 11 is 0. The molecule has 0 aromatic carbocycles. The van der Waals surface area contributed by atoms with Gasteiger partial charge in [-0.25, -0.2) is 5.48 Å². The highest BCUT2D eigenvalue weighted by Crippen LogP contribution is 2.16. The summed E-state index contributed by atoms with van der Waals surface area (Å²) < 4.78 is 0. The van der Waals surface area contributed by atoms with Gasteiger partial charge in [0.15, 0.2) is 0 Å². The number of hydrogen-bond donors (Lipinski definition) is 5. The van der Waals surface area contributed by atoms with Crippen LogP contribution in [0.4, 0.5) is 0 Å². The third-order valence-electron chi connectivity index (χ3n) is 2.74. The Morgan fingerprint density at radius 2 is 1.65 bits per heavy atom. The van der Waals surface area contributed by atoms with Crippen molar-refractivity contribution >= 4 is 23.6 Å². The molecule has 0 spiro atoms. The largest absolute Gasteiger partial charge is 0.370 e. The van der Waals surface area contributed by atoms with Crippen LogP contribution in [0.5, 0.6) is 0 Å². The van der Waals surface area contributed by atoms with Gasteiger partial charge in [0.1, 0.15) is 6.04 Å². The summed E-state index contributed by atoms with van der Waals surface area (Å²) in [6.07, 6.45) is -0.680. The Morgan fingerprint density at radius 3 is 2.00 bits per heavy atom. The minimum atomic E-state index is -1.22. The molecule has 4 amide bonds. The standard InChI is InChI=1S/C11H20N4O5/c1-5(2)6(3-9(17)15-20)11(19)14-7(10(13)18)4-8(12)16/h5-7,20H,3-4H2,1-2H3,(H2,12,16)(H2,13,18)(H,14,19)(H,15,17)/t6?,7-/m0/s1. The maximum Gasteiger partial charge on any atom is 0.244 e. The normalized spacial score (nSPS) is 13.4. The van der Waals surface area contributed by atoms with Gasteiger partial charge in [-0.1, -0.05) is 13.8 Å². The summed E-state index contributed by atoms with van der Waals surface area (Å²) in [5, 5.41) is 10.8. The van der Waals surface area contributed by atoms with E-state index in [-0.39, 0.29) is 12.3 Å². The second kappa shape index (κ2) is 8.10. The third kappa shape index (κ3) is 6.14. The van der Waals surface area contributed by atoms with Gasteiger partial charge in [0.05, 0.1) is 6.42 Å². The first kappa shape index (κ1) is 17.8. The average molecular weight is 288 g/mol. The Bertz CT molecular complexity index is 396. The molecule has 0 saturated heterocycles. The second-order valence-electron chi connectivity index (χ2n) is 4.72. The molecule has 0 heterocycles. The molecule has 7 N–H and O–H groups in total. The van der Waals surface area contributed by atoms with Gasteiger partial charge in [-0.05, 0) is 5.92 Å². The number of carbonyl (C=O) groups excluding carboxylic acids is 4. The van der Waals surface area contributed by atoms with Crippen molar-refractivity contribution < 1.29 is 24.4 Å². The van der Waals surface area contributed by atoms with Crippen LogP contribution in [0.25, 0.3) is 0 Å². The lowest BCUT2D eigenvalue weighted by atomic mass is 9.91. The number of amides is 4. The van der Waals surface area contributed by atoms with Crippen molar-refractivity contribution in [1.82, 2.24) is 10.8 Å².